The molecular formula is C29H25Cl2N5O2. The maximum Gasteiger partial charge on any atom is 0.224 e. The Bertz CT molecular complexity index is 1490. The van der Waals surface area contributed by atoms with Gasteiger partial charge < -0.3 is 10.6 Å². The zero-order valence-electron chi connectivity index (χ0n) is 20.7. The molecule has 0 atom stereocenters. The number of benzene rings is 3. The number of hydrogen-bond donors (Lipinski definition) is 2. The molecule has 0 unspecified atom stereocenters. The minimum atomic E-state index is -0.342. The van der Waals surface area contributed by atoms with E-state index in [1.807, 2.05) is 31.2 Å². The molecular weight excluding hydrogens is 521 g/mol. The fourth-order valence-electron chi connectivity index (χ4n) is 3.87. The number of nitriles is 1. The van der Waals surface area contributed by atoms with Gasteiger partial charge in [0.2, 0.25) is 11.7 Å². The van der Waals surface area contributed by atoms with Crippen molar-refractivity contribution in [2.75, 3.05) is 18.4 Å². The third-order valence-electron chi connectivity index (χ3n) is 5.82. The van der Waals surface area contributed by atoms with Gasteiger partial charge in [-0.1, -0.05) is 65.2 Å². The summed E-state index contributed by atoms with van der Waals surface area (Å²) in [5.74, 6) is -0.0525. The topological polar surface area (TPSA) is 99.8 Å². The smallest absolute Gasteiger partial charge is 0.224 e. The van der Waals surface area contributed by atoms with Gasteiger partial charge in [0, 0.05) is 28.7 Å². The van der Waals surface area contributed by atoms with Crippen LogP contribution in [0.25, 0.3) is 5.69 Å². The van der Waals surface area contributed by atoms with Gasteiger partial charge in [-0.05, 0) is 55.3 Å². The zero-order valence-corrected chi connectivity index (χ0v) is 22.2. The first-order valence-corrected chi connectivity index (χ1v) is 12.8. The van der Waals surface area contributed by atoms with Gasteiger partial charge >= 0.3 is 0 Å². The van der Waals surface area contributed by atoms with E-state index in [1.165, 1.54) is 4.68 Å². The average Bonchev–Trinajstić information content (AvgIpc) is 3.27. The number of ketones is 1. The second-order valence-electron chi connectivity index (χ2n) is 8.70. The van der Waals surface area contributed by atoms with Gasteiger partial charge in [0.25, 0.3) is 0 Å². The Morgan fingerprint density at radius 2 is 1.71 bits per heavy atom. The molecule has 4 aromatic rings. The third kappa shape index (κ3) is 6.60. The number of rotatable bonds is 10. The van der Waals surface area contributed by atoms with Crippen LogP contribution in [0.4, 0.5) is 5.82 Å². The van der Waals surface area contributed by atoms with Crippen molar-refractivity contribution in [3.8, 4) is 11.8 Å². The molecule has 9 heteroatoms. The maximum absolute atomic E-state index is 13.3. The third-order valence-corrected chi connectivity index (χ3v) is 6.31. The van der Waals surface area contributed by atoms with Crippen LogP contribution in [0.1, 0.15) is 39.2 Å². The van der Waals surface area contributed by atoms with Crippen LogP contribution in [0.5, 0.6) is 0 Å². The Labute approximate surface area is 231 Å². The van der Waals surface area contributed by atoms with E-state index in [2.05, 4.69) is 21.8 Å². The molecule has 192 valence electrons. The van der Waals surface area contributed by atoms with Crippen molar-refractivity contribution >= 4 is 40.7 Å². The number of halogens is 2. The fraction of sp³-hybridized carbons (Fsp3) is 0.172. The van der Waals surface area contributed by atoms with Crippen molar-refractivity contribution in [3.05, 3.63) is 111 Å². The van der Waals surface area contributed by atoms with E-state index in [1.54, 1.807) is 48.5 Å². The maximum atomic E-state index is 13.3. The Morgan fingerprint density at radius 3 is 2.39 bits per heavy atom. The highest BCUT2D eigenvalue weighted by Gasteiger charge is 2.25. The molecule has 0 radical (unpaired) electrons. The van der Waals surface area contributed by atoms with E-state index in [0.717, 1.165) is 11.1 Å². The number of nitrogens with zero attached hydrogens (tertiary/aromatic N) is 3. The number of nitrogens with one attached hydrogen (secondary N) is 2. The monoisotopic (exact) mass is 545 g/mol. The summed E-state index contributed by atoms with van der Waals surface area (Å²) in [5.41, 5.74) is 3.16. The number of anilines is 1. The first-order chi connectivity index (χ1) is 18.4. The lowest BCUT2D eigenvalue weighted by molar-refractivity contribution is -0.120. The van der Waals surface area contributed by atoms with Gasteiger partial charge in [0.1, 0.15) is 17.5 Å². The van der Waals surface area contributed by atoms with Crippen LogP contribution in [0.2, 0.25) is 10.0 Å². The molecule has 0 bridgehead atoms. The molecule has 1 aromatic heterocycles. The molecule has 0 aliphatic carbocycles. The second-order valence-corrected chi connectivity index (χ2v) is 9.58. The Kier molecular flexibility index (Phi) is 8.80. The minimum absolute atomic E-state index is 0.0589. The van der Waals surface area contributed by atoms with Crippen molar-refractivity contribution in [1.82, 2.24) is 15.1 Å². The Hall–Kier alpha value is -4.12. The summed E-state index contributed by atoms with van der Waals surface area (Å²) < 4.78 is 1.54. The Balaban J connectivity index is 1.49. The molecule has 2 N–H and O–H groups in total. The largest absolute Gasteiger partial charge is 0.369 e. The van der Waals surface area contributed by atoms with Crippen LogP contribution in [-0.4, -0.2) is 34.6 Å². The summed E-state index contributed by atoms with van der Waals surface area (Å²) in [6.07, 6.45) is 0.819. The van der Waals surface area contributed by atoms with Crippen LogP contribution in [0.3, 0.4) is 0 Å². The predicted octanol–water partition coefficient (Wildman–Crippen LogP) is 5.75. The normalized spacial score (nSPS) is 10.6. The fourth-order valence-corrected chi connectivity index (χ4v) is 4.21. The molecule has 0 spiro atoms. The summed E-state index contributed by atoms with van der Waals surface area (Å²) in [5, 5.41) is 21.8. The highest BCUT2D eigenvalue weighted by Crippen LogP contribution is 2.26. The van der Waals surface area contributed by atoms with Crippen LogP contribution in [0.15, 0.2) is 72.8 Å². The molecule has 0 saturated carbocycles. The molecule has 0 fully saturated rings. The lowest BCUT2D eigenvalue weighted by Crippen LogP contribution is -2.27. The minimum Gasteiger partial charge on any atom is -0.369 e. The highest BCUT2D eigenvalue weighted by atomic mass is 35.5. The van der Waals surface area contributed by atoms with Crippen molar-refractivity contribution in [2.45, 2.75) is 19.8 Å². The zero-order chi connectivity index (χ0) is 27.1. The number of carbonyl (C=O) groups excluding carboxylic acids is 2. The van der Waals surface area contributed by atoms with E-state index >= 15 is 0 Å². The SMILES string of the molecule is Cc1ccc(C(=O)c2nn(-c3ccc(Cl)cc3)c(NCCCNC(=O)Cc3cccc(Cl)c3)c2C#N)cc1. The lowest BCUT2D eigenvalue weighted by atomic mass is 10.0. The summed E-state index contributed by atoms with van der Waals surface area (Å²) in [6.45, 7) is 2.80. The average molecular weight is 546 g/mol. The molecule has 1 heterocycles. The van der Waals surface area contributed by atoms with Gasteiger partial charge in [0.05, 0.1) is 12.1 Å². The standard InChI is InChI=1S/C29H25Cl2N5O2/c1-19-6-8-21(9-7-19)28(38)27-25(18-32)29(36(35-27)24-12-10-22(30)11-13-24)34-15-3-14-33-26(37)17-20-4-2-5-23(31)16-20/h2,4-13,16,34H,3,14-15,17H2,1H3,(H,33,37). The molecule has 7 nitrogen and oxygen atoms in total. The number of carbonyl (C=O) groups is 2. The van der Waals surface area contributed by atoms with Gasteiger partial charge in [-0.3, -0.25) is 9.59 Å². The number of amides is 1. The molecule has 3 aromatic carbocycles. The highest BCUT2D eigenvalue weighted by molar-refractivity contribution is 6.30. The summed E-state index contributed by atoms with van der Waals surface area (Å²) >= 11 is 12.0. The Morgan fingerprint density at radius 1 is 0.974 bits per heavy atom. The molecule has 38 heavy (non-hydrogen) atoms. The van der Waals surface area contributed by atoms with Crippen molar-refractivity contribution in [1.29, 1.82) is 5.26 Å². The first kappa shape index (κ1) is 26.9. The molecule has 0 saturated heterocycles. The van der Waals surface area contributed by atoms with Crippen molar-refractivity contribution in [3.63, 3.8) is 0 Å². The second kappa shape index (κ2) is 12.4. The molecule has 0 aliphatic rings. The van der Waals surface area contributed by atoms with Gasteiger partial charge in [-0.2, -0.15) is 10.4 Å². The van der Waals surface area contributed by atoms with Crippen molar-refractivity contribution in [2.24, 2.45) is 0 Å². The van der Waals surface area contributed by atoms with Crippen LogP contribution in [-0.2, 0) is 11.2 Å². The number of hydrogen-bond acceptors (Lipinski definition) is 5. The molecule has 1 amide bonds. The number of aryl methyl sites for hydroxylation is 1. The van der Waals surface area contributed by atoms with E-state index in [0.29, 0.717) is 46.6 Å². The summed E-state index contributed by atoms with van der Waals surface area (Å²) in [6, 6.07) is 23.4. The first-order valence-electron chi connectivity index (χ1n) is 12.0. The lowest BCUT2D eigenvalue weighted by Gasteiger charge is -2.11. The molecule has 0 aliphatic heterocycles. The van der Waals surface area contributed by atoms with Crippen LogP contribution in [0, 0.1) is 18.3 Å². The van der Waals surface area contributed by atoms with E-state index in [9.17, 15) is 14.9 Å². The van der Waals surface area contributed by atoms with Gasteiger partial charge in [-0.25, -0.2) is 4.68 Å². The van der Waals surface area contributed by atoms with Gasteiger partial charge in [0.15, 0.2) is 5.69 Å². The molecule has 4 rings (SSSR count). The summed E-state index contributed by atoms with van der Waals surface area (Å²) in [4.78, 5) is 25.6. The van der Waals surface area contributed by atoms with E-state index in [-0.39, 0.29) is 29.4 Å². The van der Waals surface area contributed by atoms with E-state index in [4.69, 9.17) is 23.2 Å². The van der Waals surface area contributed by atoms with Crippen molar-refractivity contribution < 1.29 is 9.59 Å². The van der Waals surface area contributed by atoms with Crippen LogP contribution >= 0.6 is 23.2 Å². The van der Waals surface area contributed by atoms with Gasteiger partial charge in [-0.15, -0.1) is 0 Å². The van der Waals surface area contributed by atoms with E-state index < -0.39 is 0 Å². The quantitative estimate of drug-likeness (QED) is 0.195. The number of aromatic nitrogens is 2. The summed E-state index contributed by atoms with van der Waals surface area (Å²) in [7, 11) is 0. The van der Waals surface area contributed by atoms with Crippen LogP contribution < -0.4 is 10.6 Å². The predicted molar refractivity (Wildman–Crippen MR) is 149 cm³/mol.